The number of anilines is 4. The van der Waals surface area contributed by atoms with E-state index in [1.165, 1.54) is 9.80 Å². The second-order valence-electron chi connectivity index (χ2n) is 10.7. The fourth-order valence-corrected chi connectivity index (χ4v) is 5.45. The molecule has 268 valence electrons. The zero-order valence-corrected chi connectivity index (χ0v) is 28.8. The van der Waals surface area contributed by atoms with Crippen molar-refractivity contribution in [1.82, 2.24) is 0 Å². The Bertz CT molecular complexity index is 1570. The van der Waals surface area contributed by atoms with Crippen molar-refractivity contribution in [2.45, 2.75) is 12.2 Å². The van der Waals surface area contributed by atoms with Gasteiger partial charge in [0.15, 0.2) is 0 Å². The molecule has 4 fully saturated rings. The number of hydrogen-bond donors (Lipinski definition) is 1. The molecule has 0 spiro atoms. The lowest BCUT2D eigenvalue weighted by Gasteiger charge is -2.27. The monoisotopic (exact) mass is 746 g/mol. The number of aliphatic hydroxyl groups excluding tert-OH is 1. The summed E-state index contributed by atoms with van der Waals surface area (Å²) in [6, 6.07) is 14.0. The van der Waals surface area contributed by atoms with E-state index in [9.17, 15) is 27.6 Å². The van der Waals surface area contributed by atoms with E-state index in [4.69, 9.17) is 47.3 Å². The van der Waals surface area contributed by atoms with Gasteiger partial charge in [-0.05, 0) is 48.5 Å². The van der Waals surface area contributed by atoms with Crippen molar-refractivity contribution < 1.29 is 55.8 Å². The molecule has 0 radical (unpaired) electrons. The Morgan fingerprint density at radius 1 is 0.714 bits per heavy atom. The molecule has 2 atom stereocenters. The predicted octanol–water partition coefficient (Wildman–Crippen LogP) is 2.14. The summed E-state index contributed by atoms with van der Waals surface area (Å²) in [4.78, 5) is 53.4. The van der Waals surface area contributed by atoms with Gasteiger partial charge in [-0.1, -0.05) is 0 Å². The standard InChI is InChI=1S/C15H18N2O7S.C14H16N2O5.CH2Cl2/c1-25(20,21)23-9-13-8-17(15(19)24-13)12-4-2-11(3-5-12)16-6-7-22-10-14(16)18;17-8-12-7-16(14(19)21-12)11-3-1-10(2-4-11)15-5-6-20-9-13(15)18;2-1-3/h2-5,13H,6-10H2,1H3;1-4,12,17H,5-9H2;1H2/t13-;12-;/m11./s1. The van der Waals surface area contributed by atoms with Crippen molar-refractivity contribution in [2.75, 3.05) is 97.0 Å². The van der Waals surface area contributed by atoms with Crippen molar-refractivity contribution >= 4 is 80.1 Å². The van der Waals surface area contributed by atoms with Gasteiger partial charge >= 0.3 is 12.2 Å². The highest BCUT2D eigenvalue weighted by Crippen LogP contribution is 2.27. The number of morpholine rings is 2. The Kier molecular flexibility index (Phi) is 13.8. The molecule has 6 rings (SSSR count). The zero-order chi connectivity index (χ0) is 35.6. The number of rotatable bonds is 8. The van der Waals surface area contributed by atoms with Crippen molar-refractivity contribution in [2.24, 2.45) is 0 Å². The van der Waals surface area contributed by atoms with Crippen LogP contribution in [-0.4, -0.2) is 127 Å². The second-order valence-corrected chi connectivity index (χ2v) is 13.2. The summed E-state index contributed by atoms with van der Waals surface area (Å²) in [5, 5.41) is 9.23. The molecule has 4 aliphatic rings. The van der Waals surface area contributed by atoms with Crippen LogP contribution in [0.25, 0.3) is 0 Å². The maximum atomic E-state index is 12.0. The highest BCUT2D eigenvalue weighted by molar-refractivity contribution is 7.85. The molecule has 19 heteroatoms. The summed E-state index contributed by atoms with van der Waals surface area (Å²) in [6.45, 7) is 2.25. The molecule has 2 aromatic carbocycles. The van der Waals surface area contributed by atoms with Gasteiger partial charge in [0.25, 0.3) is 21.9 Å². The normalized spacial score (nSPS) is 21.1. The minimum Gasteiger partial charge on any atom is -0.441 e. The van der Waals surface area contributed by atoms with Crippen LogP contribution in [-0.2, 0) is 42.8 Å². The third-order valence-electron chi connectivity index (χ3n) is 7.34. The molecule has 4 amide bonds. The maximum absolute atomic E-state index is 12.0. The van der Waals surface area contributed by atoms with E-state index >= 15 is 0 Å². The lowest BCUT2D eigenvalue weighted by atomic mass is 10.2. The highest BCUT2D eigenvalue weighted by atomic mass is 35.5. The summed E-state index contributed by atoms with van der Waals surface area (Å²) in [7, 11) is -3.59. The smallest absolute Gasteiger partial charge is 0.414 e. The molecule has 4 heterocycles. The van der Waals surface area contributed by atoms with Gasteiger partial charge in [-0.2, -0.15) is 8.42 Å². The van der Waals surface area contributed by atoms with E-state index in [1.54, 1.807) is 58.3 Å². The Hall–Kier alpha value is -3.71. The van der Waals surface area contributed by atoms with Gasteiger partial charge in [0.05, 0.1) is 44.5 Å². The van der Waals surface area contributed by atoms with Gasteiger partial charge in [-0.3, -0.25) is 23.6 Å². The Morgan fingerprint density at radius 2 is 1.08 bits per heavy atom. The molecular formula is C30H36Cl2N4O12S. The van der Waals surface area contributed by atoms with Gasteiger partial charge in [-0.15, -0.1) is 23.2 Å². The van der Waals surface area contributed by atoms with Crippen LogP contribution >= 0.6 is 23.2 Å². The first-order valence-corrected chi connectivity index (χ1v) is 17.8. The number of nitrogens with zero attached hydrogens (tertiary/aromatic N) is 4. The summed E-state index contributed by atoms with van der Waals surface area (Å²) < 4.78 is 47.0. The first kappa shape index (κ1) is 38.1. The van der Waals surface area contributed by atoms with Crippen LogP contribution in [0.4, 0.5) is 32.3 Å². The number of amides is 4. The molecule has 0 aromatic heterocycles. The zero-order valence-electron chi connectivity index (χ0n) is 26.4. The number of aliphatic hydroxyl groups is 1. The predicted molar refractivity (Wildman–Crippen MR) is 179 cm³/mol. The molecular weight excluding hydrogens is 711 g/mol. The average molecular weight is 748 g/mol. The SMILES string of the molecule is CS(=O)(=O)OC[C@H]1CN(c2ccc(N3CCOCC3=O)cc2)C(=O)O1.ClCCl.O=C1COCCN1c1ccc(N2C[C@H](CO)OC2=O)cc1. The van der Waals surface area contributed by atoms with Crippen LogP contribution in [0.15, 0.2) is 48.5 Å². The topological polar surface area (TPSA) is 182 Å². The number of benzene rings is 2. The van der Waals surface area contributed by atoms with Crippen LogP contribution < -0.4 is 19.6 Å². The fraction of sp³-hybridized carbons (Fsp3) is 0.467. The van der Waals surface area contributed by atoms with Gasteiger partial charge in [-0.25, -0.2) is 9.59 Å². The number of alkyl halides is 2. The van der Waals surface area contributed by atoms with Crippen molar-refractivity contribution in [1.29, 1.82) is 0 Å². The Morgan fingerprint density at radius 3 is 1.43 bits per heavy atom. The van der Waals surface area contributed by atoms with E-state index in [0.717, 1.165) is 17.6 Å². The average Bonchev–Trinajstić information content (AvgIpc) is 3.66. The van der Waals surface area contributed by atoms with Crippen LogP contribution in [0.2, 0.25) is 0 Å². The number of carbonyl (C=O) groups is 4. The molecule has 16 nitrogen and oxygen atoms in total. The van der Waals surface area contributed by atoms with E-state index in [0.29, 0.717) is 44.2 Å². The summed E-state index contributed by atoms with van der Waals surface area (Å²) in [5.41, 5.74) is 2.77. The van der Waals surface area contributed by atoms with Crippen LogP contribution in [0.5, 0.6) is 0 Å². The molecule has 0 saturated carbocycles. The number of hydrogen-bond acceptors (Lipinski definition) is 12. The molecule has 2 aromatic rings. The van der Waals surface area contributed by atoms with Crippen molar-refractivity contribution in [3.8, 4) is 0 Å². The lowest BCUT2D eigenvalue weighted by Crippen LogP contribution is -2.41. The van der Waals surface area contributed by atoms with E-state index in [1.807, 2.05) is 0 Å². The van der Waals surface area contributed by atoms with Crippen LogP contribution in [0.1, 0.15) is 0 Å². The van der Waals surface area contributed by atoms with E-state index in [2.05, 4.69) is 4.18 Å². The number of carbonyl (C=O) groups excluding carboxylic acids is 4. The van der Waals surface area contributed by atoms with Crippen LogP contribution in [0.3, 0.4) is 0 Å². The first-order chi connectivity index (χ1) is 23.4. The minimum absolute atomic E-state index is 0.0578. The van der Waals surface area contributed by atoms with Gasteiger partial charge in [0.2, 0.25) is 0 Å². The second kappa shape index (κ2) is 17.8. The molecule has 1 N–H and O–H groups in total. The number of cyclic esters (lactones) is 2. The quantitative estimate of drug-likeness (QED) is 0.308. The van der Waals surface area contributed by atoms with Gasteiger partial charge in [0, 0.05) is 35.8 Å². The largest absolute Gasteiger partial charge is 0.441 e. The molecule has 0 bridgehead atoms. The molecule has 49 heavy (non-hydrogen) atoms. The lowest BCUT2D eigenvalue weighted by molar-refractivity contribution is -0.126. The summed E-state index contributed by atoms with van der Waals surface area (Å²) in [5.74, 6) is -0.188. The molecule has 4 aliphatic heterocycles. The third-order valence-corrected chi connectivity index (χ3v) is 7.90. The summed E-state index contributed by atoms with van der Waals surface area (Å²) in [6.07, 6.45) is -1.25. The maximum Gasteiger partial charge on any atom is 0.414 e. The number of ether oxygens (including phenoxy) is 4. The Labute approximate surface area is 293 Å². The molecule has 0 aliphatic carbocycles. The summed E-state index contributed by atoms with van der Waals surface area (Å²) >= 11 is 9.53. The van der Waals surface area contributed by atoms with Crippen molar-refractivity contribution in [3.05, 3.63) is 48.5 Å². The van der Waals surface area contributed by atoms with E-state index in [-0.39, 0.29) is 50.1 Å². The number of halogens is 2. The van der Waals surface area contributed by atoms with Crippen LogP contribution in [0, 0.1) is 0 Å². The third kappa shape index (κ3) is 10.6. The van der Waals surface area contributed by atoms with Gasteiger partial charge in [0.1, 0.15) is 32.0 Å². The molecule has 4 saturated heterocycles. The Balaban J connectivity index is 0.000000207. The van der Waals surface area contributed by atoms with E-state index < -0.39 is 34.5 Å². The molecule has 0 unspecified atom stereocenters. The fourth-order valence-electron chi connectivity index (χ4n) is 5.05. The first-order valence-electron chi connectivity index (χ1n) is 14.9. The van der Waals surface area contributed by atoms with Gasteiger partial charge < -0.3 is 33.9 Å². The highest BCUT2D eigenvalue weighted by Gasteiger charge is 2.34. The minimum atomic E-state index is -3.59. The van der Waals surface area contributed by atoms with Crippen molar-refractivity contribution in [3.63, 3.8) is 0 Å².